The molecule has 0 aliphatic rings. The Hall–Kier alpha value is -2.20. The Labute approximate surface area is 120 Å². The number of rotatable bonds is 2. The molecule has 0 saturated carbocycles. The predicted molar refractivity (Wildman–Crippen MR) is 75.6 cm³/mol. The van der Waals surface area contributed by atoms with Crippen molar-refractivity contribution in [2.45, 2.75) is 0 Å². The van der Waals surface area contributed by atoms with E-state index in [4.69, 9.17) is 33.7 Å². The number of halogens is 2. The van der Waals surface area contributed by atoms with Crippen LogP contribution in [0.2, 0.25) is 10.0 Å². The predicted octanol–water partition coefficient (Wildman–Crippen LogP) is 4.48. The van der Waals surface area contributed by atoms with Crippen LogP contribution in [0.3, 0.4) is 0 Å². The molecule has 92 valence electrons. The van der Waals surface area contributed by atoms with Crippen LogP contribution in [0, 0.1) is 22.7 Å². The van der Waals surface area contributed by atoms with Crippen LogP contribution < -0.4 is 5.32 Å². The third-order valence-electron chi connectivity index (χ3n) is 2.47. The fourth-order valence-corrected chi connectivity index (χ4v) is 1.92. The second kappa shape index (κ2) is 5.63. The lowest BCUT2D eigenvalue weighted by molar-refractivity contribution is 1.44. The van der Waals surface area contributed by atoms with Crippen molar-refractivity contribution in [3.63, 3.8) is 0 Å². The molecule has 2 aromatic rings. The Morgan fingerprint density at radius 3 is 1.58 bits per heavy atom. The van der Waals surface area contributed by atoms with Gasteiger partial charge in [0, 0.05) is 10.0 Å². The fourth-order valence-electron chi connectivity index (χ4n) is 1.58. The first-order valence-corrected chi connectivity index (χ1v) is 6.06. The minimum atomic E-state index is 0.438. The molecule has 2 aromatic carbocycles. The Balaban J connectivity index is 2.48. The van der Waals surface area contributed by atoms with E-state index in [1.807, 2.05) is 0 Å². The summed E-state index contributed by atoms with van der Waals surface area (Å²) in [6.07, 6.45) is 0. The molecule has 0 unspecified atom stereocenters. The summed E-state index contributed by atoms with van der Waals surface area (Å²) >= 11 is 11.8. The van der Waals surface area contributed by atoms with Crippen LogP contribution in [0.15, 0.2) is 36.4 Å². The molecular weight excluding hydrogens is 281 g/mol. The molecule has 1 N–H and O–H groups in total. The SMILES string of the molecule is N#Cc1ccc(Cl)cc1Nc1cc(Cl)ccc1C#N. The van der Waals surface area contributed by atoms with Crippen LogP contribution in [-0.4, -0.2) is 0 Å². The van der Waals surface area contributed by atoms with Crippen molar-refractivity contribution >= 4 is 34.6 Å². The topological polar surface area (TPSA) is 59.6 Å². The van der Waals surface area contributed by atoms with Crippen LogP contribution in [0.1, 0.15) is 11.1 Å². The Kier molecular flexibility index (Phi) is 3.92. The molecule has 0 aliphatic carbocycles. The average molecular weight is 288 g/mol. The van der Waals surface area contributed by atoms with Gasteiger partial charge in [-0.3, -0.25) is 0 Å². The first-order valence-electron chi connectivity index (χ1n) is 5.30. The molecule has 0 radical (unpaired) electrons. The van der Waals surface area contributed by atoms with Crippen molar-refractivity contribution in [2.24, 2.45) is 0 Å². The summed E-state index contributed by atoms with van der Waals surface area (Å²) < 4.78 is 0. The summed E-state index contributed by atoms with van der Waals surface area (Å²) in [5, 5.41) is 22.1. The molecular formula is C14H7Cl2N3. The highest BCUT2D eigenvalue weighted by Gasteiger charge is 2.07. The van der Waals surface area contributed by atoms with Crippen molar-refractivity contribution in [1.82, 2.24) is 0 Å². The number of hydrogen-bond acceptors (Lipinski definition) is 3. The highest BCUT2D eigenvalue weighted by molar-refractivity contribution is 6.31. The maximum absolute atomic E-state index is 9.04. The minimum absolute atomic E-state index is 0.438. The van der Waals surface area contributed by atoms with E-state index in [0.717, 1.165) is 0 Å². The summed E-state index contributed by atoms with van der Waals surface area (Å²) in [5.74, 6) is 0. The number of benzene rings is 2. The van der Waals surface area contributed by atoms with E-state index >= 15 is 0 Å². The van der Waals surface area contributed by atoms with Gasteiger partial charge in [0.2, 0.25) is 0 Å². The summed E-state index contributed by atoms with van der Waals surface area (Å²) in [5.41, 5.74) is 1.95. The maximum Gasteiger partial charge on any atom is 0.101 e. The third-order valence-corrected chi connectivity index (χ3v) is 2.94. The molecule has 0 fully saturated rings. The fraction of sp³-hybridized carbons (Fsp3) is 0. The third kappa shape index (κ3) is 2.98. The smallest absolute Gasteiger partial charge is 0.101 e. The largest absolute Gasteiger partial charge is 0.353 e. The zero-order chi connectivity index (χ0) is 13.8. The first-order chi connectivity index (χ1) is 9.13. The molecule has 5 heteroatoms. The van der Waals surface area contributed by atoms with Crippen LogP contribution >= 0.6 is 23.2 Å². The summed E-state index contributed by atoms with van der Waals surface area (Å²) in [4.78, 5) is 0. The molecule has 0 bridgehead atoms. The van der Waals surface area contributed by atoms with Gasteiger partial charge in [-0.2, -0.15) is 10.5 Å². The second-order valence-corrected chi connectivity index (χ2v) is 4.60. The lowest BCUT2D eigenvalue weighted by atomic mass is 10.1. The van der Waals surface area contributed by atoms with E-state index in [1.165, 1.54) is 0 Å². The van der Waals surface area contributed by atoms with Gasteiger partial charge in [0.05, 0.1) is 22.5 Å². The average Bonchev–Trinajstić information content (AvgIpc) is 2.39. The van der Waals surface area contributed by atoms with Crippen molar-refractivity contribution < 1.29 is 0 Å². The number of nitrogens with one attached hydrogen (secondary N) is 1. The van der Waals surface area contributed by atoms with Gasteiger partial charge in [0.15, 0.2) is 0 Å². The molecule has 3 nitrogen and oxygen atoms in total. The lowest BCUT2D eigenvalue weighted by Crippen LogP contribution is -1.96. The summed E-state index contributed by atoms with van der Waals surface area (Å²) in [6, 6.07) is 13.9. The van der Waals surface area contributed by atoms with Crippen molar-refractivity contribution in [3.8, 4) is 12.1 Å². The number of anilines is 2. The standard InChI is InChI=1S/C14H7Cl2N3/c15-11-3-1-9(7-17)13(5-11)19-14-6-12(16)4-2-10(14)8-18/h1-6,19H. The maximum atomic E-state index is 9.04. The van der Waals surface area contributed by atoms with Crippen LogP contribution in [0.5, 0.6) is 0 Å². The first kappa shape index (κ1) is 13.2. The molecule has 0 atom stereocenters. The molecule has 0 aliphatic heterocycles. The molecule has 2 rings (SSSR count). The number of nitriles is 2. The zero-order valence-electron chi connectivity index (χ0n) is 9.61. The Bertz CT molecular complexity index is 650. The van der Waals surface area contributed by atoms with E-state index in [9.17, 15) is 0 Å². The van der Waals surface area contributed by atoms with E-state index in [-0.39, 0.29) is 0 Å². The van der Waals surface area contributed by atoms with Crippen LogP contribution in [-0.2, 0) is 0 Å². The highest BCUT2D eigenvalue weighted by atomic mass is 35.5. The quantitative estimate of drug-likeness (QED) is 0.886. The van der Waals surface area contributed by atoms with Gasteiger partial charge in [0.25, 0.3) is 0 Å². The zero-order valence-corrected chi connectivity index (χ0v) is 11.1. The van der Waals surface area contributed by atoms with Crippen molar-refractivity contribution in [2.75, 3.05) is 5.32 Å². The van der Waals surface area contributed by atoms with Crippen LogP contribution in [0.4, 0.5) is 11.4 Å². The van der Waals surface area contributed by atoms with Gasteiger partial charge in [-0.1, -0.05) is 23.2 Å². The minimum Gasteiger partial charge on any atom is -0.353 e. The van der Waals surface area contributed by atoms with E-state index in [1.54, 1.807) is 36.4 Å². The van der Waals surface area contributed by atoms with E-state index in [2.05, 4.69) is 17.5 Å². The summed E-state index contributed by atoms with van der Waals surface area (Å²) in [6.45, 7) is 0. The normalized spacial score (nSPS) is 9.47. The molecule has 19 heavy (non-hydrogen) atoms. The lowest BCUT2D eigenvalue weighted by Gasteiger charge is -2.10. The molecule has 0 saturated heterocycles. The van der Waals surface area contributed by atoms with E-state index < -0.39 is 0 Å². The van der Waals surface area contributed by atoms with Crippen molar-refractivity contribution in [3.05, 3.63) is 57.6 Å². The molecule has 0 aromatic heterocycles. The highest BCUT2D eigenvalue weighted by Crippen LogP contribution is 2.28. The van der Waals surface area contributed by atoms with Gasteiger partial charge in [0.1, 0.15) is 12.1 Å². The Morgan fingerprint density at radius 1 is 0.789 bits per heavy atom. The van der Waals surface area contributed by atoms with Crippen LogP contribution in [0.25, 0.3) is 0 Å². The van der Waals surface area contributed by atoms with Gasteiger partial charge in [-0.05, 0) is 36.4 Å². The van der Waals surface area contributed by atoms with Gasteiger partial charge in [-0.15, -0.1) is 0 Å². The second-order valence-electron chi connectivity index (χ2n) is 3.73. The summed E-state index contributed by atoms with van der Waals surface area (Å²) in [7, 11) is 0. The van der Waals surface area contributed by atoms with Gasteiger partial charge < -0.3 is 5.32 Å². The van der Waals surface area contributed by atoms with E-state index in [0.29, 0.717) is 32.5 Å². The Morgan fingerprint density at radius 2 is 1.21 bits per heavy atom. The molecule has 0 heterocycles. The molecule has 0 amide bonds. The van der Waals surface area contributed by atoms with Gasteiger partial charge >= 0.3 is 0 Å². The van der Waals surface area contributed by atoms with Gasteiger partial charge in [-0.25, -0.2) is 0 Å². The van der Waals surface area contributed by atoms with Crippen molar-refractivity contribution in [1.29, 1.82) is 10.5 Å². The monoisotopic (exact) mass is 287 g/mol. The number of hydrogen-bond donors (Lipinski definition) is 1. The molecule has 0 spiro atoms. The number of nitrogens with zero attached hydrogens (tertiary/aromatic N) is 2.